The number of aliphatic imine (C=N–C) groups is 1. The maximum Gasteiger partial charge on any atom is 0.222 e. The Hall–Kier alpha value is -4.43. The Morgan fingerprint density at radius 1 is 1.02 bits per heavy atom. The van der Waals surface area contributed by atoms with Gasteiger partial charge in [-0.05, 0) is 63.1 Å². The van der Waals surface area contributed by atoms with Gasteiger partial charge in [0.2, 0.25) is 11.9 Å². The lowest BCUT2D eigenvalue weighted by molar-refractivity contribution is 0.355. The van der Waals surface area contributed by atoms with E-state index in [0.717, 1.165) is 43.5 Å². The molecule has 0 aliphatic carbocycles. The van der Waals surface area contributed by atoms with Gasteiger partial charge in [-0.1, -0.05) is 23.8 Å². The Bertz CT molecular complexity index is 1510. The summed E-state index contributed by atoms with van der Waals surface area (Å²) in [5, 5.41) is 0.414. The highest BCUT2D eigenvalue weighted by molar-refractivity contribution is 7.98. The third kappa shape index (κ3) is 9.53. The summed E-state index contributed by atoms with van der Waals surface area (Å²) in [5.41, 5.74) is 22.1. The van der Waals surface area contributed by atoms with Crippen molar-refractivity contribution in [2.24, 2.45) is 10.7 Å². The highest BCUT2D eigenvalue weighted by atomic mass is 32.2. The van der Waals surface area contributed by atoms with Crippen molar-refractivity contribution < 1.29 is 9.47 Å². The number of rotatable bonds is 7. The number of ether oxygens (including phenoxy) is 2. The SMILES string of the molecule is C/C=C\N=C(NSc1ccc(C)cc1)N(C)C.COc1cc(N)c(-c2nc(N)nc(N3CCN(C(N)=S)CC3)c2C)cc1OC. The van der Waals surface area contributed by atoms with Crippen molar-refractivity contribution >= 4 is 52.7 Å². The van der Waals surface area contributed by atoms with Crippen molar-refractivity contribution in [3.8, 4) is 22.8 Å². The highest BCUT2D eigenvalue weighted by Crippen LogP contribution is 2.39. The number of nitrogens with two attached hydrogens (primary N) is 3. The molecule has 0 radical (unpaired) electrons. The van der Waals surface area contributed by atoms with Gasteiger partial charge in [0.1, 0.15) is 5.82 Å². The van der Waals surface area contributed by atoms with Crippen molar-refractivity contribution in [3.63, 3.8) is 0 Å². The number of aromatic nitrogens is 2. The molecule has 0 amide bonds. The number of nitrogens with zero attached hydrogens (tertiary/aromatic N) is 6. The second kappa shape index (κ2) is 16.6. The molecule has 4 rings (SSSR count). The zero-order valence-electron chi connectivity index (χ0n) is 27.0. The van der Waals surface area contributed by atoms with Crippen LogP contribution in [0.4, 0.5) is 17.5 Å². The van der Waals surface area contributed by atoms with E-state index in [0.29, 0.717) is 33.6 Å². The molecule has 0 unspecified atom stereocenters. The summed E-state index contributed by atoms with van der Waals surface area (Å²) in [5.74, 6) is 2.90. The quantitative estimate of drug-likeness (QED) is 0.0954. The smallest absolute Gasteiger partial charge is 0.222 e. The number of nitrogens with one attached hydrogen (secondary N) is 1. The lowest BCUT2D eigenvalue weighted by Gasteiger charge is -2.36. The first-order valence-electron chi connectivity index (χ1n) is 14.3. The molecule has 45 heavy (non-hydrogen) atoms. The van der Waals surface area contributed by atoms with E-state index in [-0.39, 0.29) is 5.95 Å². The maximum atomic E-state index is 6.27. The molecular weight excluding hydrogens is 609 g/mol. The van der Waals surface area contributed by atoms with Gasteiger partial charge in [0.25, 0.3) is 0 Å². The topological polar surface area (TPSA) is 156 Å². The normalized spacial score (nSPS) is 13.3. The predicted octanol–water partition coefficient (Wildman–Crippen LogP) is 4.04. The number of hydrogen-bond donors (Lipinski definition) is 4. The largest absolute Gasteiger partial charge is 0.493 e. The zero-order valence-corrected chi connectivity index (χ0v) is 28.6. The first-order valence-corrected chi connectivity index (χ1v) is 15.5. The molecule has 0 spiro atoms. The number of aryl methyl sites for hydroxylation is 1. The van der Waals surface area contributed by atoms with Crippen LogP contribution in [0.5, 0.6) is 11.5 Å². The molecule has 0 saturated carbocycles. The third-order valence-corrected chi connectivity index (χ3v) is 7.94. The fourth-order valence-corrected chi connectivity index (χ4v) is 5.32. The molecule has 2 heterocycles. The number of hydrogen-bond acceptors (Lipinski definition) is 10. The molecule has 14 heteroatoms. The van der Waals surface area contributed by atoms with Gasteiger partial charge in [0.15, 0.2) is 16.6 Å². The Kier molecular flexibility index (Phi) is 12.9. The summed E-state index contributed by atoms with van der Waals surface area (Å²) in [7, 11) is 7.07. The summed E-state index contributed by atoms with van der Waals surface area (Å²) >= 11 is 6.62. The number of thiocarbonyl (C=S) groups is 1. The number of allylic oxidation sites excluding steroid dienone is 1. The number of nitrogen functional groups attached to an aromatic ring is 2. The second-order valence-electron chi connectivity index (χ2n) is 10.3. The molecule has 7 N–H and O–H groups in total. The molecular formula is C31H44N10O2S2. The zero-order chi connectivity index (χ0) is 33.1. The van der Waals surface area contributed by atoms with Gasteiger partial charge in [-0.3, -0.25) is 4.72 Å². The van der Waals surface area contributed by atoms with Crippen LogP contribution in [0.1, 0.15) is 18.1 Å². The van der Waals surface area contributed by atoms with Gasteiger partial charge in [-0.25, -0.2) is 9.98 Å². The predicted molar refractivity (Wildman–Crippen MR) is 191 cm³/mol. The first-order chi connectivity index (χ1) is 21.5. The Morgan fingerprint density at radius 3 is 2.20 bits per heavy atom. The van der Waals surface area contributed by atoms with Crippen LogP contribution in [0.2, 0.25) is 0 Å². The molecule has 242 valence electrons. The van der Waals surface area contributed by atoms with Crippen molar-refractivity contribution in [1.82, 2.24) is 24.5 Å². The second-order valence-corrected chi connectivity index (χ2v) is 11.6. The lowest BCUT2D eigenvalue weighted by atomic mass is 10.0. The maximum absolute atomic E-state index is 6.27. The summed E-state index contributed by atoms with van der Waals surface area (Å²) in [6, 6.07) is 11.9. The van der Waals surface area contributed by atoms with E-state index >= 15 is 0 Å². The minimum absolute atomic E-state index is 0.182. The highest BCUT2D eigenvalue weighted by Gasteiger charge is 2.24. The van der Waals surface area contributed by atoms with Crippen molar-refractivity contribution in [2.75, 3.05) is 70.9 Å². The van der Waals surface area contributed by atoms with Crippen LogP contribution in [0.15, 0.2) is 58.6 Å². The molecule has 0 atom stereocenters. The fraction of sp³-hybridized carbons (Fsp3) is 0.355. The van der Waals surface area contributed by atoms with Crippen LogP contribution in [0, 0.1) is 13.8 Å². The molecule has 12 nitrogen and oxygen atoms in total. The van der Waals surface area contributed by atoms with E-state index in [4.69, 9.17) is 38.9 Å². The van der Waals surface area contributed by atoms with E-state index in [1.807, 2.05) is 43.8 Å². The van der Waals surface area contributed by atoms with Crippen LogP contribution in [-0.4, -0.2) is 85.3 Å². The van der Waals surface area contributed by atoms with Crippen LogP contribution in [0.25, 0.3) is 11.3 Å². The average molecular weight is 653 g/mol. The van der Waals surface area contributed by atoms with Gasteiger partial charge in [0.05, 0.1) is 19.9 Å². The van der Waals surface area contributed by atoms with Crippen LogP contribution < -0.4 is 36.3 Å². The molecule has 0 bridgehead atoms. The molecule has 3 aromatic rings. The van der Waals surface area contributed by atoms with Gasteiger partial charge in [-0.2, -0.15) is 4.98 Å². The summed E-state index contributed by atoms with van der Waals surface area (Å²) < 4.78 is 14.0. The Balaban J connectivity index is 0.000000279. The van der Waals surface area contributed by atoms with Crippen molar-refractivity contribution in [1.29, 1.82) is 0 Å². The van der Waals surface area contributed by atoms with E-state index in [9.17, 15) is 0 Å². The van der Waals surface area contributed by atoms with E-state index in [2.05, 4.69) is 55.8 Å². The van der Waals surface area contributed by atoms with Gasteiger partial charge >= 0.3 is 0 Å². The summed E-state index contributed by atoms with van der Waals surface area (Å²) in [6.45, 7) is 8.91. The third-order valence-electron chi connectivity index (χ3n) is 6.89. The van der Waals surface area contributed by atoms with E-state index in [1.165, 1.54) is 10.5 Å². The minimum atomic E-state index is 0.182. The fourth-order valence-electron chi connectivity index (χ4n) is 4.42. The van der Waals surface area contributed by atoms with Crippen molar-refractivity contribution in [3.05, 3.63) is 59.8 Å². The van der Waals surface area contributed by atoms with Crippen LogP contribution >= 0.6 is 24.2 Å². The van der Waals surface area contributed by atoms with Gasteiger partial charge in [-0.15, -0.1) is 0 Å². The minimum Gasteiger partial charge on any atom is -0.493 e. The van der Waals surface area contributed by atoms with E-state index in [1.54, 1.807) is 44.5 Å². The molecule has 1 aliphatic heterocycles. The first kappa shape index (κ1) is 35.1. The summed E-state index contributed by atoms with van der Waals surface area (Å²) in [4.78, 5) is 20.5. The monoisotopic (exact) mass is 652 g/mol. The molecule has 1 saturated heterocycles. The Morgan fingerprint density at radius 2 is 1.64 bits per heavy atom. The van der Waals surface area contributed by atoms with Gasteiger partial charge in [0, 0.05) is 74.3 Å². The summed E-state index contributed by atoms with van der Waals surface area (Å²) in [6.07, 6.45) is 3.68. The lowest BCUT2D eigenvalue weighted by Crippen LogP contribution is -2.50. The number of anilines is 3. The number of guanidine groups is 1. The molecule has 1 aliphatic rings. The average Bonchev–Trinajstić information content (AvgIpc) is 3.03. The standard InChI is InChI=1S/C18H25N7O2S.C13H19N3S/c1-10-15(11-8-13(26-2)14(27-3)9-12(11)19)22-17(20)23-16(10)24-4-6-25(7-5-24)18(21)28;1-5-10-14-13(16(3)4)15-17-12-8-6-11(2)7-9-12/h8-9H,4-7,19H2,1-3H3,(H2,21,28)(H2,20,22,23);5-10H,1-4H3,(H,14,15)/b;10-5-. The molecule has 1 aromatic heterocycles. The number of benzene rings is 2. The molecule has 1 fully saturated rings. The number of piperazine rings is 1. The van der Waals surface area contributed by atoms with E-state index < -0.39 is 0 Å². The van der Waals surface area contributed by atoms with Crippen LogP contribution in [-0.2, 0) is 0 Å². The van der Waals surface area contributed by atoms with Crippen molar-refractivity contribution in [2.45, 2.75) is 25.7 Å². The van der Waals surface area contributed by atoms with Gasteiger partial charge < -0.3 is 41.4 Å². The Labute approximate surface area is 275 Å². The number of methoxy groups -OCH3 is 2. The molecule has 2 aromatic carbocycles. The van der Waals surface area contributed by atoms with Crippen LogP contribution in [0.3, 0.4) is 0 Å².